The molecule has 1 amide bonds. The van der Waals surface area contributed by atoms with Gasteiger partial charge >= 0.3 is 0 Å². The first kappa shape index (κ1) is 25.7. The highest BCUT2D eigenvalue weighted by atomic mass is 16.3. The summed E-state index contributed by atoms with van der Waals surface area (Å²) in [5.41, 5.74) is 4.75. The number of hydrogen-bond acceptors (Lipinski definition) is 8. The van der Waals surface area contributed by atoms with Crippen molar-refractivity contribution in [2.75, 3.05) is 14.1 Å². The van der Waals surface area contributed by atoms with Gasteiger partial charge in [-0.25, -0.2) is 0 Å². The number of fused-ring (bicyclic) bond motifs is 3. The maximum absolute atomic E-state index is 14.0. The number of phenols is 1. The van der Waals surface area contributed by atoms with Crippen molar-refractivity contribution >= 4 is 23.2 Å². The molecule has 0 heterocycles. The summed E-state index contributed by atoms with van der Waals surface area (Å²) in [7, 11) is 3.15. The van der Waals surface area contributed by atoms with E-state index in [4.69, 9.17) is 5.73 Å². The predicted molar refractivity (Wildman–Crippen MR) is 139 cm³/mol. The van der Waals surface area contributed by atoms with Crippen molar-refractivity contribution < 1.29 is 34.8 Å². The molecule has 2 aromatic carbocycles. The fourth-order valence-electron chi connectivity index (χ4n) is 6.51. The molecule has 2 aromatic rings. The van der Waals surface area contributed by atoms with Crippen LogP contribution in [0.1, 0.15) is 30.0 Å². The van der Waals surface area contributed by atoms with Gasteiger partial charge in [0.25, 0.3) is 5.91 Å². The lowest BCUT2D eigenvalue weighted by molar-refractivity contribution is -0.153. The van der Waals surface area contributed by atoms with E-state index in [1.807, 2.05) is 43.3 Å². The summed E-state index contributed by atoms with van der Waals surface area (Å²) in [6, 6.07) is 10.3. The molecule has 0 spiro atoms. The molecule has 1 saturated carbocycles. The Morgan fingerprint density at radius 1 is 1.13 bits per heavy atom. The minimum Gasteiger partial charge on any atom is -0.508 e. The molecule has 0 saturated heterocycles. The van der Waals surface area contributed by atoms with E-state index in [0.29, 0.717) is 17.5 Å². The number of hydrogen-bond donors (Lipinski definition) is 5. The number of carbonyl (C=O) groups is 3. The summed E-state index contributed by atoms with van der Waals surface area (Å²) in [6.45, 7) is 1.86. The van der Waals surface area contributed by atoms with Crippen molar-refractivity contribution in [1.29, 1.82) is 0 Å². The number of nitrogens with zero attached hydrogens (tertiary/aromatic N) is 1. The number of primary amides is 1. The highest BCUT2D eigenvalue weighted by molar-refractivity contribution is 6.24. The van der Waals surface area contributed by atoms with E-state index in [1.165, 1.54) is 4.90 Å². The van der Waals surface area contributed by atoms with Crippen LogP contribution >= 0.6 is 0 Å². The number of amides is 1. The lowest BCUT2D eigenvalue weighted by atomic mass is 9.57. The maximum atomic E-state index is 14.0. The Morgan fingerprint density at radius 2 is 1.79 bits per heavy atom. The lowest BCUT2D eigenvalue weighted by Gasteiger charge is -2.50. The van der Waals surface area contributed by atoms with Crippen LogP contribution in [0.4, 0.5) is 0 Å². The van der Waals surface area contributed by atoms with E-state index < -0.39 is 58.0 Å². The fraction of sp³-hybridized carbons (Fsp3) is 0.345. The Bertz CT molecular complexity index is 1460. The number of rotatable bonds is 4. The third-order valence-corrected chi connectivity index (χ3v) is 8.27. The minimum absolute atomic E-state index is 0.0519. The molecular formula is C29H30N2O7. The standard InChI is InChI=1S/C29H30N2O7/c1-4-13-10-16(14-8-6-5-7-9-14)17-11-15-12-18-22(31(2)3)25(34)21(28(30)37)27(36)29(18,38)26(35)19(15)24(33)20(17)23(13)32/h5-10,15,18,22,32-33,36,38H,4,11-12H2,1-3H3,(H2,30,37)/t15-,18-,22-,29-/m1/s1. The Hall–Kier alpha value is -3.95. The van der Waals surface area contributed by atoms with E-state index >= 15 is 0 Å². The number of aromatic hydroxyl groups is 1. The molecule has 4 atom stereocenters. The third kappa shape index (κ3) is 3.35. The number of benzene rings is 2. The fourth-order valence-corrected chi connectivity index (χ4v) is 6.51. The first-order chi connectivity index (χ1) is 17.9. The van der Waals surface area contributed by atoms with E-state index in [2.05, 4.69) is 0 Å². The SMILES string of the molecule is CCc1cc(-c2ccccc2)c2c(c1O)C(O)=C1C(=O)[C@@]3(O)C(O)=C(C(N)=O)C(=O)[C@H](N(C)C)[C@H]3C[C@H]1C2. The molecule has 3 aliphatic carbocycles. The van der Waals surface area contributed by atoms with Crippen molar-refractivity contribution in [3.05, 3.63) is 70.0 Å². The summed E-state index contributed by atoms with van der Waals surface area (Å²) >= 11 is 0. The second-order valence-corrected chi connectivity index (χ2v) is 10.5. The van der Waals surface area contributed by atoms with E-state index in [1.54, 1.807) is 14.1 Å². The molecule has 9 nitrogen and oxygen atoms in total. The average Bonchev–Trinajstić information content (AvgIpc) is 2.86. The van der Waals surface area contributed by atoms with Gasteiger partial charge in [0.2, 0.25) is 5.78 Å². The van der Waals surface area contributed by atoms with Gasteiger partial charge in [0.1, 0.15) is 22.8 Å². The topological polar surface area (TPSA) is 161 Å². The minimum atomic E-state index is -2.65. The number of Topliss-reactive ketones (excluding diaryl/α,β-unsaturated/α-hetero) is 2. The smallest absolute Gasteiger partial charge is 0.255 e. The zero-order valence-electron chi connectivity index (χ0n) is 21.4. The second-order valence-electron chi connectivity index (χ2n) is 10.5. The van der Waals surface area contributed by atoms with Gasteiger partial charge in [-0.2, -0.15) is 0 Å². The largest absolute Gasteiger partial charge is 0.508 e. The van der Waals surface area contributed by atoms with Gasteiger partial charge in [0.15, 0.2) is 11.4 Å². The highest BCUT2D eigenvalue weighted by Crippen LogP contribution is 2.54. The van der Waals surface area contributed by atoms with Crippen LogP contribution in [-0.2, 0) is 27.2 Å². The van der Waals surface area contributed by atoms with Gasteiger partial charge in [0.05, 0.1) is 11.6 Å². The van der Waals surface area contributed by atoms with Crippen molar-refractivity contribution in [2.24, 2.45) is 17.6 Å². The van der Waals surface area contributed by atoms with Gasteiger partial charge < -0.3 is 26.2 Å². The zero-order chi connectivity index (χ0) is 27.7. The first-order valence-corrected chi connectivity index (χ1v) is 12.5. The van der Waals surface area contributed by atoms with Crippen LogP contribution in [0.3, 0.4) is 0 Å². The van der Waals surface area contributed by atoms with Crippen LogP contribution < -0.4 is 5.73 Å². The molecule has 5 rings (SSSR count). The molecule has 198 valence electrons. The van der Waals surface area contributed by atoms with E-state index in [0.717, 1.165) is 11.1 Å². The van der Waals surface area contributed by atoms with Crippen LogP contribution in [0.2, 0.25) is 0 Å². The molecule has 0 aliphatic heterocycles. The summed E-state index contributed by atoms with van der Waals surface area (Å²) in [5, 5.41) is 45.3. The van der Waals surface area contributed by atoms with Gasteiger partial charge in [-0.3, -0.25) is 19.3 Å². The molecule has 0 unspecified atom stereocenters. The second kappa shape index (κ2) is 8.82. The third-order valence-electron chi connectivity index (χ3n) is 8.27. The highest BCUT2D eigenvalue weighted by Gasteiger charge is 2.64. The van der Waals surface area contributed by atoms with Crippen LogP contribution in [0, 0.1) is 11.8 Å². The molecular weight excluding hydrogens is 488 g/mol. The van der Waals surface area contributed by atoms with Gasteiger partial charge in [0, 0.05) is 11.5 Å². The van der Waals surface area contributed by atoms with Crippen molar-refractivity contribution in [2.45, 2.75) is 37.8 Å². The number of ketones is 2. The monoisotopic (exact) mass is 518 g/mol. The molecule has 9 heteroatoms. The van der Waals surface area contributed by atoms with Crippen LogP contribution in [0.25, 0.3) is 16.9 Å². The summed E-state index contributed by atoms with van der Waals surface area (Å²) < 4.78 is 0. The Kier molecular flexibility index (Phi) is 5.96. The quantitative estimate of drug-likeness (QED) is 0.385. The predicted octanol–water partition coefficient (Wildman–Crippen LogP) is 2.19. The number of aliphatic hydroxyl groups excluding tert-OH is 2. The van der Waals surface area contributed by atoms with Gasteiger partial charge in [-0.15, -0.1) is 0 Å². The van der Waals surface area contributed by atoms with Gasteiger partial charge in [-0.05, 0) is 67.6 Å². The zero-order valence-corrected chi connectivity index (χ0v) is 21.4. The molecule has 6 N–H and O–H groups in total. The lowest BCUT2D eigenvalue weighted by Crippen LogP contribution is -2.65. The number of aliphatic hydroxyl groups is 3. The summed E-state index contributed by atoms with van der Waals surface area (Å²) in [4.78, 5) is 40.8. The Balaban J connectivity index is 1.78. The first-order valence-electron chi connectivity index (χ1n) is 12.5. The summed E-state index contributed by atoms with van der Waals surface area (Å²) in [6.07, 6.45) is 0.760. The molecule has 1 fully saturated rings. The van der Waals surface area contributed by atoms with Crippen molar-refractivity contribution in [3.8, 4) is 16.9 Å². The van der Waals surface area contributed by atoms with Crippen LogP contribution in [0.5, 0.6) is 5.75 Å². The summed E-state index contributed by atoms with van der Waals surface area (Å²) in [5.74, 6) is -6.50. The van der Waals surface area contributed by atoms with Crippen LogP contribution in [0.15, 0.2) is 53.3 Å². The molecule has 0 bridgehead atoms. The van der Waals surface area contributed by atoms with Crippen molar-refractivity contribution in [3.63, 3.8) is 0 Å². The number of carbonyl (C=O) groups excluding carboxylic acids is 3. The average molecular weight is 519 g/mol. The maximum Gasteiger partial charge on any atom is 0.255 e. The molecule has 0 aromatic heterocycles. The van der Waals surface area contributed by atoms with Crippen LogP contribution in [-0.4, -0.2) is 68.5 Å². The number of phenolic OH excluding ortho intramolecular Hbond substituents is 1. The molecule has 0 radical (unpaired) electrons. The number of nitrogens with two attached hydrogens (primary N) is 1. The Morgan fingerprint density at radius 3 is 2.37 bits per heavy atom. The Labute approximate surface area is 219 Å². The molecule has 3 aliphatic rings. The normalized spacial score (nSPS) is 26.8. The van der Waals surface area contributed by atoms with E-state index in [-0.39, 0.29) is 29.7 Å². The van der Waals surface area contributed by atoms with Gasteiger partial charge in [-0.1, -0.05) is 37.3 Å². The molecule has 38 heavy (non-hydrogen) atoms. The number of aryl methyl sites for hydroxylation is 1. The number of likely N-dealkylation sites (N-methyl/N-ethyl adjacent to an activating group) is 1. The van der Waals surface area contributed by atoms with Crippen molar-refractivity contribution in [1.82, 2.24) is 4.90 Å². The van der Waals surface area contributed by atoms with E-state index in [9.17, 15) is 34.8 Å².